The van der Waals surface area contributed by atoms with Crippen LogP contribution in [0.4, 0.5) is 5.69 Å². The predicted octanol–water partition coefficient (Wildman–Crippen LogP) is 0.881. The second-order valence-corrected chi connectivity index (χ2v) is 2.92. The summed E-state index contributed by atoms with van der Waals surface area (Å²) in [5, 5.41) is 3.24. The van der Waals surface area contributed by atoms with Crippen LogP contribution in [0.3, 0.4) is 0 Å². The van der Waals surface area contributed by atoms with Crippen LogP contribution in [0.5, 0.6) is 5.75 Å². The number of hydrogen-bond acceptors (Lipinski definition) is 3. The lowest BCUT2D eigenvalue weighted by Gasteiger charge is -2.07. The summed E-state index contributed by atoms with van der Waals surface area (Å²) < 4.78 is 5.12. The number of anilines is 1. The smallest absolute Gasteiger partial charge is 0.142 e. The number of hydrogen-bond donors (Lipinski definition) is 2. The van der Waals surface area contributed by atoms with Gasteiger partial charge in [-0.2, -0.15) is 0 Å². The van der Waals surface area contributed by atoms with E-state index in [2.05, 4.69) is 11.4 Å². The fourth-order valence-corrected chi connectivity index (χ4v) is 1.56. The molecule has 0 aromatic heterocycles. The number of nitrogens with one attached hydrogen (secondary N) is 1. The molecule has 1 aromatic carbocycles. The lowest BCUT2D eigenvalue weighted by atomic mass is 10.1. The van der Waals surface area contributed by atoms with E-state index in [1.807, 2.05) is 6.07 Å². The Bertz CT molecular complexity index is 310. The Balaban J connectivity index is 2.54. The van der Waals surface area contributed by atoms with Gasteiger partial charge in [-0.05, 0) is 17.2 Å². The van der Waals surface area contributed by atoms with Gasteiger partial charge in [0.15, 0.2) is 0 Å². The van der Waals surface area contributed by atoms with E-state index < -0.39 is 0 Å². The number of methoxy groups -OCH3 is 1. The first-order valence-corrected chi connectivity index (χ1v) is 3.98. The Kier molecular flexibility index (Phi) is 1.66. The van der Waals surface area contributed by atoms with Crippen molar-refractivity contribution in [1.82, 2.24) is 5.32 Å². The summed E-state index contributed by atoms with van der Waals surface area (Å²) in [6, 6.07) is 3.98. The van der Waals surface area contributed by atoms with Crippen molar-refractivity contribution in [3.8, 4) is 5.75 Å². The standard InChI is InChI=1S/C9H12N2O/c1-12-8-3-2-6-4-11-5-7(6)9(8)10/h2-3,11H,4-5,10H2,1H3. The monoisotopic (exact) mass is 164 g/mol. The first-order chi connectivity index (χ1) is 5.83. The summed E-state index contributed by atoms with van der Waals surface area (Å²) in [4.78, 5) is 0. The number of nitrogen functional groups attached to an aromatic ring is 1. The average Bonchev–Trinajstić information content (AvgIpc) is 2.53. The maximum atomic E-state index is 5.88. The molecule has 1 aliphatic rings. The van der Waals surface area contributed by atoms with Crippen molar-refractivity contribution >= 4 is 5.69 Å². The molecule has 0 saturated carbocycles. The lowest BCUT2D eigenvalue weighted by molar-refractivity contribution is 0.416. The Morgan fingerprint density at radius 1 is 1.42 bits per heavy atom. The SMILES string of the molecule is COc1ccc2c(c1N)CNC2. The summed E-state index contributed by atoms with van der Waals surface area (Å²) in [7, 11) is 1.64. The quantitative estimate of drug-likeness (QED) is 0.606. The van der Waals surface area contributed by atoms with Gasteiger partial charge in [-0.1, -0.05) is 6.07 Å². The van der Waals surface area contributed by atoms with Crippen molar-refractivity contribution in [3.63, 3.8) is 0 Å². The fraction of sp³-hybridized carbons (Fsp3) is 0.333. The van der Waals surface area contributed by atoms with Gasteiger partial charge in [-0.15, -0.1) is 0 Å². The van der Waals surface area contributed by atoms with E-state index in [0.717, 1.165) is 24.5 Å². The number of benzene rings is 1. The first-order valence-electron chi connectivity index (χ1n) is 3.98. The van der Waals surface area contributed by atoms with Gasteiger partial charge in [0.05, 0.1) is 12.8 Å². The minimum Gasteiger partial charge on any atom is -0.495 e. The normalized spacial score (nSPS) is 14.4. The molecule has 2 rings (SSSR count). The van der Waals surface area contributed by atoms with Crippen molar-refractivity contribution in [3.05, 3.63) is 23.3 Å². The Labute approximate surface area is 71.5 Å². The maximum absolute atomic E-state index is 5.88. The molecule has 0 saturated heterocycles. The van der Waals surface area contributed by atoms with E-state index >= 15 is 0 Å². The highest BCUT2D eigenvalue weighted by Crippen LogP contribution is 2.30. The van der Waals surface area contributed by atoms with Crippen LogP contribution in [0, 0.1) is 0 Å². The zero-order chi connectivity index (χ0) is 8.55. The minimum absolute atomic E-state index is 0.775. The van der Waals surface area contributed by atoms with Crippen molar-refractivity contribution < 1.29 is 4.74 Å². The Morgan fingerprint density at radius 3 is 3.00 bits per heavy atom. The van der Waals surface area contributed by atoms with Crippen molar-refractivity contribution in [2.75, 3.05) is 12.8 Å². The second-order valence-electron chi connectivity index (χ2n) is 2.92. The molecule has 0 atom stereocenters. The van der Waals surface area contributed by atoms with Crippen LogP contribution in [0.1, 0.15) is 11.1 Å². The molecular weight excluding hydrogens is 152 g/mol. The molecular formula is C9H12N2O. The van der Waals surface area contributed by atoms with E-state index in [-0.39, 0.29) is 0 Å². The maximum Gasteiger partial charge on any atom is 0.142 e. The summed E-state index contributed by atoms with van der Waals surface area (Å²) in [6.45, 7) is 1.78. The van der Waals surface area contributed by atoms with Crippen LogP contribution >= 0.6 is 0 Å². The first kappa shape index (κ1) is 7.43. The molecule has 3 nitrogen and oxygen atoms in total. The molecule has 0 fully saturated rings. The minimum atomic E-state index is 0.775. The van der Waals surface area contributed by atoms with E-state index in [0.29, 0.717) is 0 Å². The van der Waals surface area contributed by atoms with Gasteiger partial charge in [0.25, 0.3) is 0 Å². The van der Waals surface area contributed by atoms with E-state index in [1.165, 1.54) is 11.1 Å². The topological polar surface area (TPSA) is 47.3 Å². The fourth-order valence-electron chi connectivity index (χ4n) is 1.56. The summed E-state index contributed by atoms with van der Waals surface area (Å²) >= 11 is 0. The second kappa shape index (κ2) is 2.68. The molecule has 0 bridgehead atoms. The highest BCUT2D eigenvalue weighted by molar-refractivity contribution is 5.62. The largest absolute Gasteiger partial charge is 0.495 e. The van der Waals surface area contributed by atoms with Crippen molar-refractivity contribution in [2.45, 2.75) is 13.1 Å². The molecule has 0 radical (unpaired) electrons. The highest BCUT2D eigenvalue weighted by Gasteiger charge is 2.15. The van der Waals surface area contributed by atoms with E-state index in [4.69, 9.17) is 10.5 Å². The summed E-state index contributed by atoms with van der Waals surface area (Å²) in [5.41, 5.74) is 9.13. The van der Waals surface area contributed by atoms with Gasteiger partial charge in [0.2, 0.25) is 0 Å². The van der Waals surface area contributed by atoms with Gasteiger partial charge in [0, 0.05) is 13.1 Å². The van der Waals surface area contributed by atoms with Gasteiger partial charge in [-0.25, -0.2) is 0 Å². The molecule has 3 N–H and O–H groups in total. The number of fused-ring (bicyclic) bond motifs is 1. The third kappa shape index (κ3) is 0.940. The van der Waals surface area contributed by atoms with Gasteiger partial charge in [-0.3, -0.25) is 0 Å². The molecule has 1 aromatic rings. The van der Waals surface area contributed by atoms with Crippen molar-refractivity contribution in [1.29, 1.82) is 0 Å². The van der Waals surface area contributed by atoms with Crippen LogP contribution in [-0.4, -0.2) is 7.11 Å². The van der Waals surface area contributed by atoms with E-state index in [9.17, 15) is 0 Å². The Hall–Kier alpha value is -1.22. The number of rotatable bonds is 1. The van der Waals surface area contributed by atoms with Crippen LogP contribution in [-0.2, 0) is 13.1 Å². The van der Waals surface area contributed by atoms with Crippen molar-refractivity contribution in [2.24, 2.45) is 0 Å². The molecule has 12 heavy (non-hydrogen) atoms. The third-order valence-corrected chi connectivity index (χ3v) is 2.25. The Morgan fingerprint density at radius 2 is 2.25 bits per heavy atom. The molecule has 0 aliphatic carbocycles. The van der Waals surface area contributed by atoms with Gasteiger partial charge >= 0.3 is 0 Å². The van der Waals surface area contributed by atoms with Crippen LogP contribution in [0.25, 0.3) is 0 Å². The third-order valence-electron chi connectivity index (χ3n) is 2.25. The molecule has 0 amide bonds. The molecule has 0 spiro atoms. The van der Waals surface area contributed by atoms with Gasteiger partial charge < -0.3 is 15.8 Å². The van der Waals surface area contributed by atoms with E-state index in [1.54, 1.807) is 7.11 Å². The zero-order valence-electron chi connectivity index (χ0n) is 7.05. The molecule has 0 unspecified atom stereocenters. The average molecular weight is 164 g/mol. The molecule has 1 aliphatic heterocycles. The van der Waals surface area contributed by atoms with Crippen LogP contribution in [0.15, 0.2) is 12.1 Å². The number of nitrogens with two attached hydrogens (primary N) is 1. The van der Waals surface area contributed by atoms with Crippen LogP contribution < -0.4 is 15.8 Å². The summed E-state index contributed by atoms with van der Waals surface area (Å²) in [5.74, 6) is 0.775. The lowest BCUT2D eigenvalue weighted by Crippen LogP contribution is -2.01. The molecule has 1 heterocycles. The number of ether oxygens (including phenoxy) is 1. The molecule has 64 valence electrons. The van der Waals surface area contributed by atoms with Gasteiger partial charge in [0.1, 0.15) is 5.75 Å². The van der Waals surface area contributed by atoms with Crippen LogP contribution in [0.2, 0.25) is 0 Å². The zero-order valence-corrected chi connectivity index (χ0v) is 7.05. The molecule has 3 heteroatoms. The highest BCUT2D eigenvalue weighted by atomic mass is 16.5. The predicted molar refractivity (Wildman–Crippen MR) is 48.0 cm³/mol. The summed E-state index contributed by atoms with van der Waals surface area (Å²) in [6.07, 6.45) is 0.